The van der Waals surface area contributed by atoms with Crippen molar-refractivity contribution in [1.82, 2.24) is 9.62 Å². The maximum absolute atomic E-state index is 12.1. The Balaban J connectivity index is 1.90. The molecule has 1 saturated heterocycles. The maximum atomic E-state index is 12.1. The second-order valence-corrected chi connectivity index (χ2v) is 6.96. The number of sulfonamides is 1. The molecule has 2 rings (SSSR count). The minimum Gasteiger partial charge on any atom is -0.366 e. The van der Waals surface area contributed by atoms with Crippen molar-refractivity contribution in [2.45, 2.75) is 24.2 Å². The first kappa shape index (κ1) is 15.9. The lowest BCUT2D eigenvalue weighted by molar-refractivity contribution is 0.1000. The van der Waals surface area contributed by atoms with Gasteiger partial charge in [-0.2, -0.15) is 0 Å². The summed E-state index contributed by atoms with van der Waals surface area (Å²) in [5.74, 6) is -0.572. The molecule has 0 saturated carbocycles. The van der Waals surface area contributed by atoms with E-state index in [1.165, 1.54) is 43.5 Å². The first-order valence-electron chi connectivity index (χ1n) is 7.11. The zero-order valence-corrected chi connectivity index (χ0v) is 12.7. The first-order valence-corrected chi connectivity index (χ1v) is 8.59. The highest BCUT2D eigenvalue weighted by Gasteiger charge is 2.15. The highest BCUT2D eigenvalue weighted by Crippen LogP contribution is 2.11. The number of hydrogen-bond acceptors (Lipinski definition) is 4. The summed E-state index contributed by atoms with van der Waals surface area (Å²) in [5.41, 5.74) is 5.42. The van der Waals surface area contributed by atoms with Gasteiger partial charge in [-0.1, -0.05) is 6.42 Å². The number of rotatable bonds is 6. The summed E-state index contributed by atoms with van der Waals surface area (Å²) in [6.07, 6.45) is 3.62. The first-order chi connectivity index (χ1) is 9.99. The van der Waals surface area contributed by atoms with Crippen LogP contribution in [0.25, 0.3) is 0 Å². The quantitative estimate of drug-likeness (QED) is 0.802. The van der Waals surface area contributed by atoms with Gasteiger partial charge in [-0.25, -0.2) is 13.1 Å². The Hall–Kier alpha value is -1.44. The van der Waals surface area contributed by atoms with E-state index in [1.54, 1.807) is 0 Å². The van der Waals surface area contributed by atoms with Gasteiger partial charge in [0, 0.05) is 18.7 Å². The number of carbonyl (C=O) groups is 1. The van der Waals surface area contributed by atoms with E-state index in [0.29, 0.717) is 12.1 Å². The summed E-state index contributed by atoms with van der Waals surface area (Å²) in [7, 11) is -3.53. The lowest BCUT2D eigenvalue weighted by Crippen LogP contribution is -2.37. The lowest BCUT2D eigenvalue weighted by Gasteiger charge is -2.26. The second kappa shape index (κ2) is 7.02. The van der Waals surface area contributed by atoms with Gasteiger partial charge in [0.1, 0.15) is 0 Å². The van der Waals surface area contributed by atoms with Crippen LogP contribution in [0.2, 0.25) is 0 Å². The highest BCUT2D eigenvalue weighted by atomic mass is 32.2. The highest BCUT2D eigenvalue weighted by molar-refractivity contribution is 7.89. The van der Waals surface area contributed by atoms with Crippen molar-refractivity contribution in [2.75, 3.05) is 26.2 Å². The molecule has 1 fully saturated rings. The van der Waals surface area contributed by atoms with Crippen LogP contribution < -0.4 is 10.5 Å². The predicted molar refractivity (Wildman–Crippen MR) is 80.4 cm³/mol. The monoisotopic (exact) mass is 311 g/mol. The van der Waals surface area contributed by atoms with Crippen molar-refractivity contribution in [3.63, 3.8) is 0 Å². The summed E-state index contributed by atoms with van der Waals surface area (Å²) < 4.78 is 26.8. The molecular formula is C14H21N3O3S. The summed E-state index contributed by atoms with van der Waals surface area (Å²) in [5, 5.41) is 0. The smallest absolute Gasteiger partial charge is 0.248 e. The van der Waals surface area contributed by atoms with Gasteiger partial charge in [0.25, 0.3) is 0 Å². The molecule has 21 heavy (non-hydrogen) atoms. The van der Waals surface area contributed by atoms with E-state index in [2.05, 4.69) is 9.62 Å². The third kappa shape index (κ3) is 4.52. The van der Waals surface area contributed by atoms with Gasteiger partial charge in [-0.05, 0) is 50.2 Å². The van der Waals surface area contributed by atoms with Gasteiger partial charge in [-0.3, -0.25) is 4.79 Å². The van der Waals surface area contributed by atoms with Crippen molar-refractivity contribution in [3.05, 3.63) is 29.8 Å². The number of nitrogens with zero attached hydrogens (tertiary/aromatic N) is 1. The number of hydrogen-bond donors (Lipinski definition) is 2. The fourth-order valence-electron chi connectivity index (χ4n) is 2.40. The van der Waals surface area contributed by atoms with Crippen LogP contribution in [0, 0.1) is 0 Å². The van der Waals surface area contributed by atoms with Gasteiger partial charge in [0.2, 0.25) is 15.9 Å². The summed E-state index contributed by atoms with van der Waals surface area (Å²) >= 11 is 0. The SMILES string of the molecule is NC(=O)c1ccc(S(=O)(=O)NCCN2CCCCC2)cc1. The number of primary amides is 1. The van der Waals surface area contributed by atoms with Crippen LogP contribution in [-0.2, 0) is 10.0 Å². The van der Waals surface area contributed by atoms with E-state index in [-0.39, 0.29) is 4.90 Å². The molecule has 0 spiro atoms. The molecule has 0 unspecified atom stereocenters. The van der Waals surface area contributed by atoms with E-state index < -0.39 is 15.9 Å². The zero-order valence-electron chi connectivity index (χ0n) is 11.9. The third-order valence-corrected chi connectivity index (χ3v) is 5.09. The molecule has 1 aliphatic heterocycles. The molecular weight excluding hydrogens is 290 g/mol. The number of piperidine rings is 1. The van der Waals surface area contributed by atoms with E-state index >= 15 is 0 Å². The van der Waals surface area contributed by atoms with Crippen LogP contribution in [-0.4, -0.2) is 45.4 Å². The standard InChI is InChI=1S/C14H21N3O3S/c15-14(18)12-4-6-13(7-5-12)21(19,20)16-8-11-17-9-2-1-3-10-17/h4-7,16H,1-3,8-11H2,(H2,15,18). The summed E-state index contributed by atoms with van der Waals surface area (Å²) in [4.78, 5) is 13.4. The molecule has 7 heteroatoms. The molecule has 0 atom stereocenters. The molecule has 0 bridgehead atoms. The molecule has 1 aliphatic rings. The molecule has 1 aromatic carbocycles. The van der Waals surface area contributed by atoms with E-state index in [4.69, 9.17) is 5.73 Å². The van der Waals surface area contributed by atoms with Gasteiger partial charge in [-0.15, -0.1) is 0 Å². The molecule has 116 valence electrons. The van der Waals surface area contributed by atoms with Crippen molar-refractivity contribution in [1.29, 1.82) is 0 Å². The Morgan fingerprint density at radius 1 is 1.14 bits per heavy atom. The largest absolute Gasteiger partial charge is 0.366 e. The Morgan fingerprint density at radius 2 is 1.76 bits per heavy atom. The van der Waals surface area contributed by atoms with Crippen LogP contribution in [0.1, 0.15) is 29.6 Å². The zero-order chi connectivity index (χ0) is 15.3. The summed E-state index contributed by atoms with van der Waals surface area (Å²) in [6, 6.07) is 5.62. The molecule has 0 aromatic heterocycles. The van der Waals surface area contributed by atoms with Gasteiger partial charge >= 0.3 is 0 Å². The fraction of sp³-hybridized carbons (Fsp3) is 0.500. The number of nitrogens with two attached hydrogens (primary N) is 1. The van der Waals surface area contributed by atoms with Crippen LogP contribution >= 0.6 is 0 Å². The molecule has 3 N–H and O–H groups in total. The predicted octanol–water partition coefficient (Wildman–Crippen LogP) is 0.550. The Labute approximate surface area is 125 Å². The minimum absolute atomic E-state index is 0.145. The van der Waals surface area contributed by atoms with Crippen LogP contribution in [0.15, 0.2) is 29.2 Å². The Morgan fingerprint density at radius 3 is 2.33 bits per heavy atom. The van der Waals surface area contributed by atoms with Crippen molar-refractivity contribution in [3.8, 4) is 0 Å². The average Bonchev–Trinajstić information content (AvgIpc) is 2.48. The van der Waals surface area contributed by atoms with E-state index in [1.807, 2.05) is 0 Å². The molecule has 6 nitrogen and oxygen atoms in total. The van der Waals surface area contributed by atoms with Crippen molar-refractivity contribution < 1.29 is 13.2 Å². The van der Waals surface area contributed by atoms with Crippen LogP contribution in [0.3, 0.4) is 0 Å². The van der Waals surface area contributed by atoms with E-state index in [9.17, 15) is 13.2 Å². The van der Waals surface area contributed by atoms with Gasteiger partial charge < -0.3 is 10.6 Å². The Kier molecular flexibility index (Phi) is 5.33. The van der Waals surface area contributed by atoms with Gasteiger partial charge in [0.15, 0.2) is 0 Å². The van der Waals surface area contributed by atoms with Crippen molar-refractivity contribution in [2.24, 2.45) is 5.73 Å². The molecule has 1 heterocycles. The minimum atomic E-state index is -3.53. The number of benzene rings is 1. The van der Waals surface area contributed by atoms with Crippen LogP contribution in [0.5, 0.6) is 0 Å². The molecule has 1 aromatic rings. The second-order valence-electron chi connectivity index (χ2n) is 5.19. The molecule has 0 aliphatic carbocycles. The topological polar surface area (TPSA) is 92.5 Å². The number of nitrogens with one attached hydrogen (secondary N) is 1. The molecule has 0 radical (unpaired) electrons. The molecule has 1 amide bonds. The van der Waals surface area contributed by atoms with Crippen LogP contribution in [0.4, 0.5) is 0 Å². The summed E-state index contributed by atoms with van der Waals surface area (Å²) in [6.45, 7) is 3.18. The fourth-order valence-corrected chi connectivity index (χ4v) is 3.42. The third-order valence-electron chi connectivity index (χ3n) is 3.62. The van der Waals surface area contributed by atoms with Gasteiger partial charge in [0.05, 0.1) is 4.90 Å². The maximum Gasteiger partial charge on any atom is 0.248 e. The normalized spacial score (nSPS) is 16.8. The van der Waals surface area contributed by atoms with E-state index in [0.717, 1.165) is 19.6 Å². The Bertz CT molecular complexity index is 578. The lowest BCUT2D eigenvalue weighted by atomic mass is 10.1. The number of carbonyl (C=O) groups excluding carboxylic acids is 1. The van der Waals surface area contributed by atoms with Crippen molar-refractivity contribution >= 4 is 15.9 Å². The number of likely N-dealkylation sites (tertiary alicyclic amines) is 1. The average molecular weight is 311 g/mol. The number of amides is 1.